The van der Waals surface area contributed by atoms with Crippen LogP contribution >= 0.6 is 0 Å². The number of nitrogens with one attached hydrogen (secondary N) is 1. The monoisotopic (exact) mass is 323 g/mol. The van der Waals surface area contributed by atoms with Crippen molar-refractivity contribution < 1.29 is 4.79 Å². The summed E-state index contributed by atoms with van der Waals surface area (Å²) in [4.78, 5) is 31.5. The molecule has 1 unspecified atom stereocenters. The Bertz CT molecular complexity index is 974. The quantitative estimate of drug-likeness (QED) is 0.769. The molecule has 0 radical (unpaired) electrons. The molecule has 1 aliphatic rings. The first-order valence-corrected chi connectivity index (χ1v) is 7.91. The molecule has 1 aromatic carbocycles. The number of amides is 1. The van der Waals surface area contributed by atoms with E-state index in [9.17, 15) is 9.59 Å². The summed E-state index contributed by atoms with van der Waals surface area (Å²) in [6.45, 7) is 2.88. The Hall–Kier alpha value is -2.96. The van der Waals surface area contributed by atoms with Crippen molar-refractivity contribution in [2.24, 2.45) is 0 Å². The molecule has 122 valence electrons. The SMILES string of the molecule is CC(C(=O)N1CCc2[nH]ncc2C1)n1cnc2ccccc2c1=O. The maximum absolute atomic E-state index is 12.8. The van der Waals surface area contributed by atoms with Crippen LogP contribution in [0.5, 0.6) is 0 Å². The van der Waals surface area contributed by atoms with Crippen molar-refractivity contribution in [2.75, 3.05) is 6.54 Å². The minimum atomic E-state index is -0.594. The number of benzene rings is 1. The average Bonchev–Trinajstić information content (AvgIpc) is 3.09. The first kappa shape index (κ1) is 14.6. The van der Waals surface area contributed by atoms with Crippen LogP contribution in [0.25, 0.3) is 10.9 Å². The predicted molar refractivity (Wildman–Crippen MR) is 88.4 cm³/mol. The van der Waals surface area contributed by atoms with Gasteiger partial charge in [0.05, 0.1) is 23.4 Å². The summed E-state index contributed by atoms with van der Waals surface area (Å²) in [6, 6.07) is 6.57. The number of H-pyrrole nitrogens is 1. The van der Waals surface area contributed by atoms with Gasteiger partial charge in [0.25, 0.3) is 5.56 Å². The smallest absolute Gasteiger partial charge is 0.261 e. The zero-order chi connectivity index (χ0) is 16.7. The number of carbonyl (C=O) groups excluding carboxylic acids is 1. The molecule has 1 N–H and O–H groups in total. The van der Waals surface area contributed by atoms with Gasteiger partial charge in [-0.3, -0.25) is 19.3 Å². The Kier molecular flexibility index (Phi) is 3.41. The van der Waals surface area contributed by atoms with E-state index in [4.69, 9.17) is 0 Å². The van der Waals surface area contributed by atoms with E-state index in [1.165, 1.54) is 10.9 Å². The van der Waals surface area contributed by atoms with E-state index in [-0.39, 0.29) is 11.5 Å². The molecule has 7 heteroatoms. The third-order valence-corrected chi connectivity index (χ3v) is 4.58. The zero-order valence-corrected chi connectivity index (χ0v) is 13.3. The van der Waals surface area contributed by atoms with E-state index in [1.54, 1.807) is 36.2 Å². The highest BCUT2D eigenvalue weighted by molar-refractivity contribution is 5.81. The van der Waals surface area contributed by atoms with Crippen molar-refractivity contribution >= 4 is 16.8 Å². The molecular formula is C17H17N5O2. The fraction of sp³-hybridized carbons (Fsp3) is 0.294. The largest absolute Gasteiger partial charge is 0.336 e. The first-order chi connectivity index (χ1) is 11.6. The summed E-state index contributed by atoms with van der Waals surface area (Å²) >= 11 is 0. The van der Waals surface area contributed by atoms with Crippen LogP contribution in [0.3, 0.4) is 0 Å². The van der Waals surface area contributed by atoms with Crippen LogP contribution in [0.4, 0.5) is 0 Å². The standard InChI is InChI=1S/C17H17N5O2/c1-11(16(23)21-7-6-14-12(9-21)8-19-20-14)22-10-18-15-5-3-2-4-13(15)17(22)24/h2-5,8,10-11H,6-7,9H2,1H3,(H,19,20). The average molecular weight is 323 g/mol. The third-order valence-electron chi connectivity index (χ3n) is 4.58. The van der Waals surface area contributed by atoms with Gasteiger partial charge in [0.2, 0.25) is 5.91 Å². The van der Waals surface area contributed by atoms with Crippen molar-refractivity contribution in [3.63, 3.8) is 0 Å². The van der Waals surface area contributed by atoms with Crippen LogP contribution in [0, 0.1) is 0 Å². The summed E-state index contributed by atoms with van der Waals surface area (Å²) in [5.74, 6) is -0.0824. The second-order valence-corrected chi connectivity index (χ2v) is 6.03. The van der Waals surface area contributed by atoms with Crippen molar-refractivity contribution in [1.29, 1.82) is 0 Å². The normalized spacial score (nSPS) is 15.3. The first-order valence-electron chi connectivity index (χ1n) is 7.91. The molecule has 0 saturated carbocycles. The molecule has 0 fully saturated rings. The second-order valence-electron chi connectivity index (χ2n) is 6.03. The van der Waals surface area contributed by atoms with Crippen molar-refractivity contribution in [3.05, 3.63) is 58.4 Å². The van der Waals surface area contributed by atoms with Crippen molar-refractivity contribution in [3.8, 4) is 0 Å². The van der Waals surface area contributed by atoms with Gasteiger partial charge in [0.15, 0.2) is 0 Å². The van der Waals surface area contributed by atoms with Crippen molar-refractivity contribution in [2.45, 2.75) is 25.9 Å². The molecule has 1 aliphatic heterocycles. The van der Waals surface area contributed by atoms with E-state index in [0.29, 0.717) is 24.0 Å². The van der Waals surface area contributed by atoms with Crippen LogP contribution in [-0.2, 0) is 17.8 Å². The van der Waals surface area contributed by atoms with Crippen LogP contribution in [-0.4, -0.2) is 37.1 Å². The highest BCUT2D eigenvalue weighted by Gasteiger charge is 2.27. The maximum Gasteiger partial charge on any atom is 0.261 e. The third kappa shape index (κ3) is 2.29. The fourth-order valence-corrected chi connectivity index (χ4v) is 3.15. The number of nitrogens with zero attached hydrogens (tertiary/aromatic N) is 4. The molecule has 3 heterocycles. The van der Waals surface area contributed by atoms with Crippen LogP contribution in [0.1, 0.15) is 24.2 Å². The molecule has 24 heavy (non-hydrogen) atoms. The number of aromatic amines is 1. The summed E-state index contributed by atoms with van der Waals surface area (Å²) in [5, 5.41) is 7.50. The summed E-state index contributed by atoms with van der Waals surface area (Å²) in [7, 11) is 0. The topological polar surface area (TPSA) is 83.9 Å². The number of hydrogen-bond acceptors (Lipinski definition) is 4. The number of hydrogen-bond donors (Lipinski definition) is 1. The fourth-order valence-electron chi connectivity index (χ4n) is 3.15. The minimum Gasteiger partial charge on any atom is -0.336 e. The van der Waals surface area contributed by atoms with Gasteiger partial charge in [0, 0.05) is 30.8 Å². The van der Waals surface area contributed by atoms with Gasteiger partial charge in [-0.05, 0) is 19.1 Å². The van der Waals surface area contributed by atoms with Gasteiger partial charge in [-0.25, -0.2) is 4.98 Å². The van der Waals surface area contributed by atoms with E-state index in [0.717, 1.165) is 17.7 Å². The van der Waals surface area contributed by atoms with Crippen LogP contribution < -0.4 is 5.56 Å². The molecule has 1 amide bonds. The maximum atomic E-state index is 12.8. The number of para-hydroxylation sites is 1. The lowest BCUT2D eigenvalue weighted by atomic mass is 10.1. The lowest BCUT2D eigenvalue weighted by molar-refractivity contribution is -0.135. The Morgan fingerprint density at radius 3 is 3.04 bits per heavy atom. The summed E-state index contributed by atoms with van der Waals surface area (Å²) in [6.07, 6.45) is 3.96. The van der Waals surface area contributed by atoms with E-state index in [2.05, 4.69) is 15.2 Å². The van der Waals surface area contributed by atoms with Crippen molar-refractivity contribution in [1.82, 2.24) is 24.6 Å². The molecule has 0 bridgehead atoms. The minimum absolute atomic E-state index is 0.0824. The predicted octanol–water partition coefficient (Wildman–Crippen LogP) is 1.27. The molecule has 7 nitrogen and oxygen atoms in total. The molecule has 0 saturated heterocycles. The Morgan fingerprint density at radius 1 is 1.33 bits per heavy atom. The van der Waals surface area contributed by atoms with E-state index in [1.807, 2.05) is 6.07 Å². The zero-order valence-electron chi connectivity index (χ0n) is 13.3. The van der Waals surface area contributed by atoms with Gasteiger partial charge in [-0.1, -0.05) is 12.1 Å². The highest BCUT2D eigenvalue weighted by atomic mass is 16.2. The second kappa shape index (κ2) is 5.59. The lowest BCUT2D eigenvalue weighted by Crippen LogP contribution is -2.41. The molecular weight excluding hydrogens is 306 g/mol. The van der Waals surface area contributed by atoms with Crippen LogP contribution in [0.2, 0.25) is 0 Å². The Labute approximate surface area is 137 Å². The number of fused-ring (bicyclic) bond motifs is 2. The molecule has 1 atom stereocenters. The van der Waals surface area contributed by atoms with Gasteiger partial charge < -0.3 is 4.90 Å². The summed E-state index contributed by atoms with van der Waals surface area (Å²) in [5.41, 5.74) is 2.56. The molecule has 0 aliphatic carbocycles. The number of aromatic nitrogens is 4. The highest BCUT2D eigenvalue weighted by Crippen LogP contribution is 2.19. The Balaban J connectivity index is 1.64. The van der Waals surface area contributed by atoms with Gasteiger partial charge in [-0.2, -0.15) is 5.10 Å². The molecule has 0 spiro atoms. The van der Waals surface area contributed by atoms with E-state index < -0.39 is 6.04 Å². The van der Waals surface area contributed by atoms with Gasteiger partial charge in [0.1, 0.15) is 6.04 Å². The van der Waals surface area contributed by atoms with E-state index >= 15 is 0 Å². The van der Waals surface area contributed by atoms with Gasteiger partial charge in [-0.15, -0.1) is 0 Å². The molecule has 4 rings (SSSR count). The van der Waals surface area contributed by atoms with Gasteiger partial charge >= 0.3 is 0 Å². The number of carbonyl (C=O) groups is 1. The number of rotatable bonds is 2. The van der Waals surface area contributed by atoms with Crippen LogP contribution in [0.15, 0.2) is 41.6 Å². The molecule has 2 aromatic heterocycles. The Morgan fingerprint density at radius 2 is 2.17 bits per heavy atom. The summed E-state index contributed by atoms with van der Waals surface area (Å²) < 4.78 is 1.41. The lowest BCUT2D eigenvalue weighted by Gasteiger charge is -2.29. The molecule has 3 aromatic rings.